The Hall–Kier alpha value is -4.65. The molecule has 44 heavy (non-hydrogen) atoms. The lowest BCUT2D eigenvalue weighted by molar-refractivity contribution is -0.131. The standard InChI is InChI=1S/C37H38N2O5/c1-37(2,32(40)22-25-14-12-24(13-15-25)16-19-33(41)42)38-36(43)27-17-18-28-30(23-27)39-20-21-44-31-11-7-6-10-29(31)35(39)34(28)26-8-4-3-5-9-26/h6-7,10-19,23,26H,3-5,8-9,20-22H2,1-2H3,(H,38,43)(H,41,42)/b19-16+. The van der Waals surface area contributed by atoms with Crippen LogP contribution in [0.5, 0.6) is 5.75 Å². The van der Waals surface area contributed by atoms with Gasteiger partial charge in [0.25, 0.3) is 5.91 Å². The summed E-state index contributed by atoms with van der Waals surface area (Å²) in [5, 5.41) is 13.0. The highest BCUT2D eigenvalue weighted by atomic mass is 16.5. The molecule has 0 radical (unpaired) electrons. The third-order valence-electron chi connectivity index (χ3n) is 8.98. The van der Waals surface area contributed by atoms with E-state index >= 15 is 0 Å². The number of para-hydroxylation sites is 1. The predicted molar refractivity (Wildman–Crippen MR) is 172 cm³/mol. The van der Waals surface area contributed by atoms with Gasteiger partial charge in [-0.2, -0.15) is 0 Å². The maximum atomic E-state index is 13.6. The molecule has 7 heteroatoms. The van der Waals surface area contributed by atoms with Crippen molar-refractivity contribution in [1.29, 1.82) is 0 Å². The fourth-order valence-corrected chi connectivity index (χ4v) is 6.63. The number of Topliss-reactive ketones (excluding diaryl/α,β-unsaturated/α-hetero) is 1. The number of hydrogen-bond donors (Lipinski definition) is 2. The van der Waals surface area contributed by atoms with Crippen molar-refractivity contribution < 1.29 is 24.2 Å². The number of aromatic nitrogens is 1. The highest BCUT2D eigenvalue weighted by Crippen LogP contribution is 2.47. The summed E-state index contributed by atoms with van der Waals surface area (Å²) in [6, 6.07) is 21.3. The first-order chi connectivity index (χ1) is 21.2. The molecule has 0 saturated heterocycles. The summed E-state index contributed by atoms with van der Waals surface area (Å²) in [6.45, 7) is 4.70. The number of carbonyl (C=O) groups excluding carboxylic acids is 2. The molecule has 0 unspecified atom stereocenters. The van der Waals surface area contributed by atoms with Crippen LogP contribution in [0.2, 0.25) is 0 Å². The maximum absolute atomic E-state index is 13.6. The van der Waals surface area contributed by atoms with Crippen LogP contribution in [-0.4, -0.2) is 39.5 Å². The van der Waals surface area contributed by atoms with Crippen molar-refractivity contribution in [3.8, 4) is 17.0 Å². The van der Waals surface area contributed by atoms with E-state index in [1.165, 1.54) is 42.0 Å². The normalized spacial score (nSPS) is 15.3. The molecule has 0 spiro atoms. The van der Waals surface area contributed by atoms with Gasteiger partial charge in [0.2, 0.25) is 0 Å². The van der Waals surface area contributed by atoms with Crippen molar-refractivity contribution in [1.82, 2.24) is 9.88 Å². The molecular weight excluding hydrogens is 552 g/mol. The number of fused-ring (bicyclic) bond motifs is 5. The molecule has 1 aromatic heterocycles. The minimum absolute atomic E-state index is 0.120. The lowest BCUT2D eigenvalue weighted by atomic mass is 9.81. The lowest BCUT2D eigenvalue weighted by Gasteiger charge is -2.25. The highest BCUT2D eigenvalue weighted by Gasteiger charge is 2.32. The van der Waals surface area contributed by atoms with E-state index in [4.69, 9.17) is 9.84 Å². The van der Waals surface area contributed by atoms with Crippen LogP contribution in [0, 0.1) is 0 Å². The molecule has 4 aromatic rings. The summed E-state index contributed by atoms with van der Waals surface area (Å²) in [5.41, 5.74) is 5.64. The van der Waals surface area contributed by atoms with Crippen LogP contribution in [0.4, 0.5) is 0 Å². The summed E-state index contributed by atoms with van der Waals surface area (Å²) >= 11 is 0. The number of rotatable bonds is 8. The minimum Gasteiger partial charge on any atom is -0.491 e. The van der Waals surface area contributed by atoms with Gasteiger partial charge in [-0.3, -0.25) is 9.59 Å². The van der Waals surface area contributed by atoms with Crippen LogP contribution >= 0.6 is 0 Å². The van der Waals surface area contributed by atoms with Crippen LogP contribution in [-0.2, 0) is 22.6 Å². The van der Waals surface area contributed by atoms with Gasteiger partial charge in [0.15, 0.2) is 5.78 Å². The van der Waals surface area contributed by atoms with Gasteiger partial charge in [-0.1, -0.05) is 61.7 Å². The molecule has 1 saturated carbocycles. The molecule has 1 aliphatic heterocycles. The first-order valence-corrected chi connectivity index (χ1v) is 15.5. The average Bonchev–Trinajstić information content (AvgIpc) is 3.21. The van der Waals surface area contributed by atoms with Gasteiger partial charge < -0.3 is 19.7 Å². The summed E-state index contributed by atoms with van der Waals surface area (Å²) in [5.74, 6) is -0.0646. The van der Waals surface area contributed by atoms with Gasteiger partial charge >= 0.3 is 5.97 Å². The number of nitrogens with one attached hydrogen (secondary N) is 1. The van der Waals surface area contributed by atoms with Crippen molar-refractivity contribution in [2.24, 2.45) is 0 Å². The minimum atomic E-state index is -1.09. The quantitative estimate of drug-likeness (QED) is 0.212. The molecule has 3 aromatic carbocycles. The molecule has 1 amide bonds. The Kier molecular flexibility index (Phi) is 8.13. The summed E-state index contributed by atoms with van der Waals surface area (Å²) in [4.78, 5) is 37.7. The molecule has 2 aliphatic rings. The Balaban J connectivity index is 1.28. The molecular formula is C37H38N2O5. The molecule has 2 N–H and O–H groups in total. The Morgan fingerprint density at radius 2 is 1.75 bits per heavy atom. The second-order valence-corrected chi connectivity index (χ2v) is 12.4. The zero-order valence-electron chi connectivity index (χ0n) is 25.3. The van der Waals surface area contributed by atoms with Gasteiger partial charge in [0.05, 0.1) is 17.8 Å². The number of ketones is 1. The second-order valence-electron chi connectivity index (χ2n) is 12.4. The van der Waals surface area contributed by atoms with Crippen LogP contribution in [0.1, 0.15) is 78.9 Å². The first-order valence-electron chi connectivity index (χ1n) is 15.5. The summed E-state index contributed by atoms with van der Waals surface area (Å²) in [6.07, 6.45) is 8.78. The van der Waals surface area contributed by atoms with Crippen molar-refractivity contribution in [2.45, 2.75) is 70.4 Å². The van der Waals surface area contributed by atoms with Crippen LogP contribution < -0.4 is 10.1 Å². The first kappa shape index (κ1) is 29.4. The number of hydrogen-bond acceptors (Lipinski definition) is 4. The zero-order chi connectivity index (χ0) is 30.8. The summed E-state index contributed by atoms with van der Waals surface area (Å²) < 4.78 is 8.49. The molecule has 6 rings (SSSR count). The van der Waals surface area contributed by atoms with Crippen LogP contribution in [0.25, 0.3) is 28.2 Å². The lowest BCUT2D eigenvalue weighted by Crippen LogP contribution is -2.50. The van der Waals surface area contributed by atoms with E-state index in [9.17, 15) is 14.4 Å². The van der Waals surface area contributed by atoms with Crippen LogP contribution in [0.3, 0.4) is 0 Å². The number of aliphatic carboxylic acids is 1. The Bertz CT molecular complexity index is 1760. The Labute approximate surface area is 257 Å². The van der Waals surface area contributed by atoms with E-state index in [1.807, 2.05) is 24.3 Å². The number of benzene rings is 3. The van der Waals surface area contributed by atoms with Gasteiger partial charge in [-0.05, 0) is 79.6 Å². The van der Waals surface area contributed by atoms with E-state index in [0.717, 1.165) is 46.9 Å². The molecule has 2 heterocycles. The molecule has 7 nitrogen and oxygen atoms in total. The van der Waals surface area contributed by atoms with Crippen molar-refractivity contribution in [3.63, 3.8) is 0 Å². The second kappa shape index (κ2) is 12.2. The van der Waals surface area contributed by atoms with E-state index in [2.05, 4.69) is 28.1 Å². The molecule has 1 fully saturated rings. The third kappa shape index (κ3) is 5.91. The number of amides is 1. The van der Waals surface area contributed by atoms with Crippen molar-refractivity contribution >= 4 is 34.6 Å². The van der Waals surface area contributed by atoms with Gasteiger partial charge in [0, 0.05) is 34.5 Å². The van der Waals surface area contributed by atoms with Crippen molar-refractivity contribution in [2.75, 3.05) is 6.61 Å². The topological polar surface area (TPSA) is 97.6 Å². The number of carboxylic acid groups (broad SMARTS) is 1. The highest BCUT2D eigenvalue weighted by molar-refractivity contribution is 6.03. The van der Waals surface area contributed by atoms with Gasteiger partial charge in [0.1, 0.15) is 12.4 Å². The van der Waals surface area contributed by atoms with E-state index in [-0.39, 0.29) is 18.1 Å². The monoisotopic (exact) mass is 590 g/mol. The fraction of sp³-hybridized carbons (Fsp3) is 0.324. The van der Waals surface area contributed by atoms with Gasteiger partial charge in [-0.25, -0.2) is 4.79 Å². The number of carbonyl (C=O) groups is 3. The largest absolute Gasteiger partial charge is 0.491 e. The van der Waals surface area contributed by atoms with E-state index in [0.29, 0.717) is 24.6 Å². The average molecular weight is 591 g/mol. The van der Waals surface area contributed by atoms with E-state index in [1.54, 1.807) is 38.1 Å². The maximum Gasteiger partial charge on any atom is 0.328 e. The zero-order valence-corrected chi connectivity index (χ0v) is 25.3. The molecule has 0 atom stereocenters. The summed E-state index contributed by atoms with van der Waals surface area (Å²) in [7, 11) is 0. The van der Waals surface area contributed by atoms with E-state index < -0.39 is 11.5 Å². The van der Waals surface area contributed by atoms with Crippen LogP contribution in [0.15, 0.2) is 72.8 Å². The smallest absolute Gasteiger partial charge is 0.328 e. The predicted octanol–water partition coefficient (Wildman–Crippen LogP) is 7.17. The van der Waals surface area contributed by atoms with Crippen molar-refractivity contribution in [3.05, 3.63) is 95.1 Å². The Morgan fingerprint density at radius 3 is 2.50 bits per heavy atom. The molecule has 0 bridgehead atoms. The van der Waals surface area contributed by atoms with Gasteiger partial charge in [-0.15, -0.1) is 0 Å². The SMILES string of the molecule is CC(C)(NC(=O)c1ccc2c(C3CCCCC3)c3n(c2c1)CCOc1ccccc1-3)C(=O)Cc1ccc(/C=C/C(=O)O)cc1. The molecule has 226 valence electrons. The fourth-order valence-electron chi connectivity index (χ4n) is 6.63. The number of nitrogens with zero attached hydrogens (tertiary/aromatic N) is 1. The third-order valence-corrected chi connectivity index (χ3v) is 8.98. The number of ether oxygens (including phenoxy) is 1. The Morgan fingerprint density at radius 1 is 1.00 bits per heavy atom. The number of carboxylic acids is 1. The molecule has 1 aliphatic carbocycles.